The highest BCUT2D eigenvalue weighted by Crippen LogP contribution is 2.10. The maximum atomic E-state index is 9.19. The van der Waals surface area contributed by atoms with Crippen LogP contribution in [0.15, 0.2) is 24.5 Å². The van der Waals surface area contributed by atoms with Gasteiger partial charge in [-0.2, -0.15) is 8.42 Å². The van der Waals surface area contributed by atoms with Gasteiger partial charge in [0.25, 0.3) is 10.1 Å². The molecule has 0 saturated heterocycles. The summed E-state index contributed by atoms with van der Waals surface area (Å²) in [5.74, 6) is 0. The molecule has 0 amide bonds. The van der Waals surface area contributed by atoms with Gasteiger partial charge in [-0.3, -0.25) is 9.54 Å². The minimum atomic E-state index is -3.67. The fourth-order valence-electron chi connectivity index (χ4n) is 2.37. The Morgan fingerprint density at radius 2 is 1.52 bits per heavy atom. The number of hydrogen-bond acceptors (Lipinski definition) is 4. The quantitative estimate of drug-likeness (QED) is 0.388. The molecule has 0 fully saturated rings. The van der Waals surface area contributed by atoms with E-state index in [4.69, 9.17) is 9.29 Å². The van der Waals surface area contributed by atoms with E-state index in [1.165, 1.54) is 69.8 Å². The van der Waals surface area contributed by atoms with Gasteiger partial charge < -0.3 is 4.74 Å². The maximum absolute atomic E-state index is 9.19. The van der Waals surface area contributed by atoms with Crippen molar-refractivity contribution in [3.05, 3.63) is 30.1 Å². The van der Waals surface area contributed by atoms with Crippen molar-refractivity contribution in [1.29, 1.82) is 0 Å². The lowest BCUT2D eigenvalue weighted by Crippen LogP contribution is -1.96. The van der Waals surface area contributed by atoms with Gasteiger partial charge in [-0.25, -0.2) is 0 Å². The highest BCUT2D eigenvalue weighted by atomic mass is 32.2. The SMILES string of the molecule is CCCCCCCCCCCCOCc1cccnc1.CS(=O)(=O)O. The van der Waals surface area contributed by atoms with E-state index in [9.17, 15) is 8.42 Å². The van der Waals surface area contributed by atoms with Gasteiger partial charge in [0, 0.05) is 19.0 Å². The second-order valence-electron chi connectivity index (χ2n) is 6.33. The van der Waals surface area contributed by atoms with E-state index >= 15 is 0 Å². The lowest BCUT2D eigenvalue weighted by molar-refractivity contribution is 0.116. The van der Waals surface area contributed by atoms with Crippen LogP contribution < -0.4 is 0 Å². The molecule has 0 radical (unpaired) electrons. The van der Waals surface area contributed by atoms with Crippen LogP contribution in [0.25, 0.3) is 0 Å². The first-order valence-corrected chi connectivity index (χ1v) is 11.2. The van der Waals surface area contributed by atoms with Gasteiger partial charge in [0.15, 0.2) is 0 Å². The van der Waals surface area contributed by atoms with Crippen LogP contribution in [0, 0.1) is 0 Å². The molecule has 1 aromatic rings. The summed E-state index contributed by atoms with van der Waals surface area (Å²) >= 11 is 0. The lowest BCUT2D eigenvalue weighted by atomic mass is 10.1. The minimum absolute atomic E-state index is 0.700. The van der Waals surface area contributed by atoms with Crippen molar-refractivity contribution in [2.75, 3.05) is 12.9 Å². The third kappa shape index (κ3) is 23.0. The molecule has 0 bridgehead atoms. The molecule has 146 valence electrons. The zero-order valence-corrected chi connectivity index (χ0v) is 16.6. The van der Waals surface area contributed by atoms with Crippen molar-refractivity contribution >= 4 is 10.1 Å². The molecule has 1 aromatic heterocycles. The number of rotatable bonds is 13. The van der Waals surface area contributed by atoms with E-state index < -0.39 is 10.1 Å². The van der Waals surface area contributed by atoms with Crippen LogP contribution >= 0.6 is 0 Å². The van der Waals surface area contributed by atoms with Gasteiger partial charge in [-0.05, 0) is 18.1 Å². The topological polar surface area (TPSA) is 76.5 Å². The Hall–Kier alpha value is -0.980. The number of unbranched alkanes of at least 4 members (excludes halogenated alkanes) is 9. The largest absolute Gasteiger partial charge is 0.377 e. The first-order chi connectivity index (χ1) is 11.9. The maximum Gasteiger partial charge on any atom is 0.261 e. The molecular weight excluding hydrogens is 338 g/mol. The van der Waals surface area contributed by atoms with Crippen LogP contribution in [-0.2, 0) is 21.5 Å². The summed E-state index contributed by atoms with van der Waals surface area (Å²) in [6.45, 7) is 3.85. The summed E-state index contributed by atoms with van der Waals surface area (Å²) in [6, 6.07) is 4.02. The van der Waals surface area contributed by atoms with Crippen molar-refractivity contribution in [2.24, 2.45) is 0 Å². The van der Waals surface area contributed by atoms with Gasteiger partial charge in [0.05, 0.1) is 12.9 Å². The van der Waals surface area contributed by atoms with Gasteiger partial charge in [0.2, 0.25) is 0 Å². The molecule has 1 heterocycles. The molecule has 1 rings (SSSR count). The predicted molar refractivity (Wildman–Crippen MR) is 103 cm³/mol. The van der Waals surface area contributed by atoms with Crippen LogP contribution in [0.4, 0.5) is 0 Å². The molecule has 0 saturated carbocycles. The fraction of sp³-hybridized carbons (Fsp3) is 0.737. The molecule has 0 atom stereocenters. The Balaban J connectivity index is 0.00000101. The van der Waals surface area contributed by atoms with E-state index in [-0.39, 0.29) is 0 Å². The molecule has 0 aromatic carbocycles. The van der Waals surface area contributed by atoms with E-state index in [1.807, 2.05) is 12.3 Å². The van der Waals surface area contributed by atoms with Crippen LogP contribution in [0.3, 0.4) is 0 Å². The number of pyridine rings is 1. The third-order valence-electron chi connectivity index (χ3n) is 3.63. The standard InChI is InChI=1S/C18H31NO.CH4O3S/c1-2-3-4-5-6-7-8-9-10-11-15-20-17-18-13-12-14-19-16-18;1-5(2,3)4/h12-14,16H,2-11,15,17H2,1H3;1H3,(H,2,3,4). The van der Waals surface area contributed by atoms with Crippen molar-refractivity contribution in [1.82, 2.24) is 4.98 Å². The summed E-state index contributed by atoms with van der Waals surface area (Å²) in [7, 11) is -3.67. The van der Waals surface area contributed by atoms with Crippen molar-refractivity contribution < 1.29 is 17.7 Å². The first-order valence-electron chi connectivity index (χ1n) is 9.32. The van der Waals surface area contributed by atoms with E-state index in [2.05, 4.69) is 18.0 Å². The number of nitrogens with zero attached hydrogens (tertiary/aromatic N) is 1. The zero-order valence-electron chi connectivity index (χ0n) is 15.8. The Morgan fingerprint density at radius 1 is 1.00 bits per heavy atom. The normalized spacial score (nSPS) is 11.0. The Labute approximate surface area is 154 Å². The van der Waals surface area contributed by atoms with Gasteiger partial charge in [-0.1, -0.05) is 70.8 Å². The summed E-state index contributed by atoms with van der Waals surface area (Å²) < 4.78 is 31.5. The fourth-order valence-corrected chi connectivity index (χ4v) is 2.37. The summed E-state index contributed by atoms with van der Waals surface area (Å²) in [4.78, 5) is 4.08. The van der Waals surface area contributed by atoms with E-state index in [0.29, 0.717) is 12.9 Å². The average Bonchev–Trinajstić information content (AvgIpc) is 2.55. The Bertz CT molecular complexity index is 483. The molecule has 1 N–H and O–H groups in total. The van der Waals surface area contributed by atoms with E-state index in [1.54, 1.807) is 6.20 Å². The number of hydrogen-bond donors (Lipinski definition) is 1. The average molecular weight is 374 g/mol. The van der Waals surface area contributed by atoms with E-state index in [0.717, 1.165) is 6.61 Å². The molecule has 0 spiro atoms. The van der Waals surface area contributed by atoms with Gasteiger partial charge >= 0.3 is 0 Å². The third-order valence-corrected chi connectivity index (χ3v) is 3.63. The number of aromatic nitrogens is 1. The summed E-state index contributed by atoms with van der Waals surface area (Å²) in [6.07, 6.45) is 18.1. The highest BCUT2D eigenvalue weighted by Gasteiger charge is 1.94. The Kier molecular flexibility index (Phi) is 15.8. The van der Waals surface area contributed by atoms with Crippen molar-refractivity contribution in [3.8, 4) is 0 Å². The monoisotopic (exact) mass is 373 g/mol. The van der Waals surface area contributed by atoms with Gasteiger partial charge in [-0.15, -0.1) is 0 Å². The smallest absolute Gasteiger partial charge is 0.261 e. The lowest BCUT2D eigenvalue weighted by Gasteiger charge is -2.04. The molecule has 0 aliphatic rings. The van der Waals surface area contributed by atoms with Crippen LogP contribution in [0.5, 0.6) is 0 Å². The predicted octanol–water partition coefficient (Wildman–Crippen LogP) is 5.02. The minimum Gasteiger partial charge on any atom is -0.377 e. The van der Waals surface area contributed by atoms with Crippen LogP contribution in [0.2, 0.25) is 0 Å². The summed E-state index contributed by atoms with van der Waals surface area (Å²) in [5, 5.41) is 0. The van der Waals surface area contributed by atoms with Crippen LogP contribution in [-0.4, -0.2) is 30.8 Å². The number of ether oxygens (including phenoxy) is 1. The van der Waals surface area contributed by atoms with Crippen molar-refractivity contribution in [2.45, 2.75) is 77.7 Å². The molecule has 0 aliphatic carbocycles. The second-order valence-corrected chi connectivity index (χ2v) is 7.79. The molecule has 0 aliphatic heterocycles. The van der Waals surface area contributed by atoms with Gasteiger partial charge in [0.1, 0.15) is 0 Å². The molecular formula is C19H35NO4S. The van der Waals surface area contributed by atoms with Crippen molar-refractivity contribution in [3.63, 3.8) is 0 Å². The molecule has 0 unspecified atom stereocenters. The molecule has 5 nitrogen and oxygen atoms in total. The highest BCUT2D eigenvalue weighted by molar-refractivity contribution is 7.85. The summed E-state index contributed by atoms with van der Waals surface area (Å²) in [5.41, 5.74) is 1.17. The Morgan fingerprint density at radius 3 is 2.00 bits per heavy atom. The molecule has 25 heavy (non-hydrogen) atoms. The zero-order chi connectivity index (χ0) is 18.8. The molecule has 6 heteroatoms. The first kappa shape index (κ1) is 24.0. The van der Waals surface area contributed by atoms with Crippen LogP contribution in [0.1, 0.15) is 76.7 Å². The second kappa shape index (κ2) is 16.5.